The minimum absolute atomic E-state index is 0. The number of rotatable bonds is 5. The molecule has 5 heteroatoms. The molecule has 20 heavy (non-hydrogen) atoms. The van der Waals surface area contributed by atoms with Crippen molar-refractivity contribution < 1.29 is 29.2 Å². The molecule has 108 valence electrons. The highest BCUT2D eigenvalue weighted by Crippen LogP contribution is 2.23. The number of hydrogen-bond acceptors (Lipinski definition) is 4. The monoisotopic (exact) mass is 295 g/mol. The van der Waals surface area contributed by atoms with Crippen molar-refractivity contribution in [2.45, 2.75) is 26.1 Å². The summed E-state index contributed by atoms with van der Waals surface area (Å²) in [5, 5.41) is 28.3. The number of pyridine rings is 1. The Morgan fingerprint density at radius 1 is 1.00 bits per heavy atom. The summed E-state index contributed by atoms with van der Waals surface area (Å²) in [6.45, 7) is -0.467. The highest BCUT2D eigenvalue weighted by molar-refractivity contribution is 5.38. The first kappa shape index (κ1) is 16.4. The van der Waals surface area contributed by atoms with Gasteiger partial charge in [0.15, 0.2) is 0 Å². The summed E-state index contributed by atoms with van der Waals surface area (Å²) in [6, 6.07) is 11.4. The zero-order chi connectivity index (χ0) is 13.7. The lowest BCUT2D eigenvalue weighted by Gasteiger charge is -2.10. The van der Waals surface area contributed by atoms with Crippen LogP contribution >= 0.6 is 0 Å². The molecule has 0 aliphatic heterocycles. The third-order valence-corrected chi connectivity index (χ3v) is 3.02. The Labute approximate surface area is 125 Å². The first-order valence-electron chi connectivity index (χ1n) is 6.21. The minimum atomic E-state index is -0.264. The van der Waals surface area contributed by atoms with Crippen LogP contribution in [-0.4, -0.2) is 20.3 Å². The van der Waals surface area contributed by atoms with E-state index in [1.165, 1.54) is 6.07 Å². The minimum Gasteiger partial charge on any atom is -1.00 e. The van der Waals surface area contributed by atoms with E-state index < -0.39 is 0 Å². The van der Waals surface area contributed by atoms with Gasteiger partial charge in [-0.1, -0.05) is 30.3 Å². The van der Waals surface area contributed by atoms with Gasteiger partial charge >= 0.3 is 1.43 Å². The second kappa shape index (κ2) is 7.85. The van der Waals surface area contributed by atoms with E-state index in [-0.39, 0.29) is 32.8 Å². The number of aromatic nitrogens is 1. The number of aromatic hydroxyl groups is 1. The molecule has 1 aromatic heterocycles. The summed E-state index contributed by atoms with van der Waals surface area (Å²) in [5.41, 5.74) is 2.54. The second-order valence-electron chi connectivity index (χ2n) is 4.37. The predicted octanol–water partition coefficient (Wildman–Crippen LogP) is -1.33. The van der Waals surface area contributed by atoms with Gasteiger partial charge in [0.05, 0.1) is 24.6 Å². The Hall–Kier alpha value is -1.62. The lowest BCUT2D eigenvalue weighted by molar-refractivity contribution is -0.00000690. The fourth-order valence-corrected chi connectivity index (χ4v) is 2.00. The van der Waals surface area contributed by atoms with Crippen LogP contribution in [0.15, 0.2) is 36.4 Å². The number of halogens is 1. The maximum Gasteiger partial charge on any atom is 1.00 e. The average molecular weight is 296 g/mol. The summed E-state index contributed by atoms with van der Waals surface area (Å²) in [7, 11) is 0. The van der Waals surface area contributed by atoms with Gasteiger partial charge in [0.25, 0.3) is 0 Å². The molecule has 0 saturated heterocycles. The smallest absolute Gasteiger partial charge is 1.00 e. The van der Waals surface area contributed by atoms with E-state index >= 15 is 0 Å². The van der Waals surface area contributed by atoms with Crippen molar-refractivity contribution in [2.24, 2.45) is 0 Å². The van der Waals surface area contributed by atoms with Crippen LogP contribution in [0.3, 0.4) is 0 Å². The van der Waals surface area contributed by atoms with Crippen LogP contribution in [0.1, 0.15) is 23.9 Å². The van der Waals surface area contributed by atoms with Crippen LogP contribution in [0.25, 0.3) is 0 Å². The molecule has 0 amide bonds. The lowest BCUT2D eigenvalue weighted by atomic mass is 10.1. The summed E-state index contributed by atoms with van der Waals surface area (Å²) >= 11 is 0. The van der Waals surface area contributed by atoms with Gasteiger partial charge < -0.3 is 27.7 Å². The molecule has 0 radical (unpaired) electrons. The number of benzene rings is 1. The molecule has 0 spiro atoms. The zero-order valence-electron chi connectivity index (χ0n) is 12.0. The van der Waals surface area contributed by atoms with E-state index in [1.807, 2.05) is 30.3 Å². The Bertz CT molecular complexity index is 552. The lowest BCUT2D eigenvalue weighted by Crippen LogP contribution is -3.00. The number of aliphatic hydroxyl groups is 2. The quantitative estimate of drug-likeness (QED) is 0.639. The van der Waals surface area contributed by atoms with Crippen molar-refractivity contribution in [1.82, 2.24) is 4.98 Å². The van der Waals surface area contributed by atoms with Crippen molar-refractivity contribution in [3.8, 4) is 5.75 Å². The maximum atomic E-state index is 9.98. The summed E-state index contributed by atoms with van der Waals surface area (Å²) in [6.07, 6.45) is 1.32. The van der Waals surface area contributed by atoms with Gasteiger partial charge in [-0.2, -0.15) is 0 Å². The molecule has 0 saturated carbocycles. The van der Waals surface area contributed by atoms with Gasteiger partial charge in [0, 0.05) is 5.56 Å². The van der Waals surface area contributed by atoms with E-state index in [9.17, 15) is 10.2 Å². The van der Waals surface area contributed by atoms with Crippen molar-refractivity contribution in [1.29, 1.82) is 0 Å². The van der Waals surface area contributed by atoms with E-state index in [0.29, 0.717) is 23.4 Å². The van der Waals surface area contributed by atoms with Gasteiger partial charge in [0.2, 0.25) is 0 Å². The third kappa shape index (κ3) is 3.93. The third-order valence-electron chi connectivity index (χ3n) is 3.02. The van der Waals surface area contributed by atoms with E-state index in [4.69, 9.17) is 5.11 Å². The van der Waals surface area contributed by atoms with Gasteiger partial charge in [-0.15, -0.1) is 0 Å². The van der Waals surface area contributed by atoms with Gasteiger partial charge in [-0.3, -0.25) is 4.98 Å². The highest BCUT2D eigenvalue weighted by atomic mass is 35.5. The van der Waals surface area contributed by atoms with Gasteiger partial charge in [-0.25, -0.2) is 0 Å². The van der Waals surface area contributed by atoms with E-state index in [0.717, 1.165) is 12.0 Å². The second-order valence-corrected chi connectivity index (χ2v) is 4.37. The molecule has 0 aliphatic rings. The SMILES string of the molecule is OCc1cc(CO)c(O)c(CCc2ccccc2)n1.[Cl-].[H+]. The number of aliphatic hydroxyl groups excluding tert-OH is 2. The maximum absolute atomic E-state index is 9.98. The van der Waals surface area contributed by atoms with Crippen LogP contribution < -0.4 is 12.4 Å². The van der Waals surface area contributed by atoms with Crippen LogP contribution in [0, 0.1) is 0 Å². The number of aryl methyl sites for hydroxylation is 2. The fraction of sp³-hybridized carbons (Fsp3) is 0.267. The Balaban J connectivity index is 0.00000200. The summed E-state index contributed by atoms with van der Waals surface area (Å²) in [4.78, 5) is 4.20. The zero-order valence-corrected chi connectivity index (χ0v) is 11.7. The van der Waals surface area contributed by atoms with Crippen LogP contribution in [-0.2, 0) is 26.1 Å². The average Bonchev–Trinajstić information content (AvgIpc) is 2.47. The number of nitrogens with zero attached hydrogens (tertiary/aromatic N) is 1. The predicted molar refractivity (Wildman–Crippen MR) is 72.7 cm³/mol. The summed E-state index contributed by atoms with van der Waals surface area (Å²) in [5.74, 6) is 0.0237. The van der Waals surface area contributed by atoms with Gasteiger partial charge in [-0.05, 0) is 24.5 Å². The molecule has 1 heterocycles. The van der Waals surface area contributed by atoms with Crippen molar-refractivity contribution in [2.75, 3.05) is 0 Å². The molecule has 0 atom stereocenters. The molecule has 1 aromatic carbocycles. The molecule has 0 bridgehead atoms. The highest BCUT2D eigenvalue weighted by Gasteiger charge is 2.11. The Morgan fingerprint density at radius 2 is 1.70 bits per heavy atom. The molecule has 0 fully saturated rings. The fourth-order valence-electron chi connectivity index (χ4n) is 2.00. The Kier molecular flexibility index (Phi) is 6.45. The van der Waals surface area contributed by atoms with Gasteiger partial charge in [0.1, 0.15) is 5.75 Å². The molecule has 0 unspecified atom stereocenters. The topological polar surface area (TPSA) is 73.6 Å². The van der Waals surface area contributed by atoms with Crippen LogP contribution in [0.2, 0.25) is 0 Å². The molecule has 0 aliphatic carbocycles. The molecule has 2 aromatic rings. The van der Waals surface area contributed by atoms with Crippen molar-refractivity contribution in [3.05, 3.63) is 58.9 Å². The van der Waals surface area contributed by atoms with Crippen molar-refractivity contribution in [3.63, 3.8) is 0 Å². The normalized spacial score (nSPS) is 10.1. The molecular formula is C15H18ClNO3. The van der Waals surface area contributed by atoms with Crippen LogP contribution in [0.4, 0.5) is 0 Å². The van der Waals surface area contributed by atoms with E-state index in [2.05, 4.69) is 4.98 Å². The van der Waals surface area contributed by atoms with E-state index in [1.54, 1.807) is 0 Å². The molecule has 4 nitrogen and oxygen atoms in total. The molecule has 2 rings (SSSR count). The first-order chi connectivity index (χ1) is 9.24. The van der Waals surface area contributed by atoms with Crippen molar-refractivity contribution >= 4 is 0 Å². The summed E-state index contributed by atoms with van der Waals surface area (Å²) < 4.78 is 0. The number of hydrogen-bond donors (Lipinski definition) is 3. The largest absolute Gasteiger partial charge is 1.00 e. The van der Waals surface area contributed by atoms with Crippen LogP contribution in [0.5, 0.6) is 5.75 Å². The first-order valence-corrected chi connectivity index (χ1v) is 6.21. The standard InChI is InChI=1S/C15H17NO3.ClH/c17-9-12-8-13(10-18)16-14(15(12)19)7-6-11-4-2-1-3-5-11;/h1-5,8,17-19H,6-7,9-10H2;1H. The Morgan fingerprint density at radius 3 is 2.30 bits per heavy atom. The molecule has 3 N–H and O–H groups in total. The molecular weight excluding hydrogens is 278 g/mol.